The van der Waals surface area contributed by atoms with Crippen molar-refractivity contribution in [2.75, 3.05) is 26.5 Å². The second-order valence-electron chi connectivity index (χ2n) is 9.60. The number of benzene rings is 2. The van der Waals surface area contributed by atoms with Gasteiger partial charge in [-0.15, -0.1) is 0 Å². The Morgan fingerprint density at radius 2 is 1.90 bits per heavy atom. The maximum atomic E-state index is 13.7. The minimum atomic E-state index is -0.516. The van der Waals surface area contributed by atoms with Gasteiger partial charge in [0.05, 0.1) is 23.8 Å². The Balaban J connectivity index is 1.39. The molecule has 2 amide bonds. The molecule has 11 nitrogen and oxygen atoms in total. The van der Waals surface area contributed by atoms with Crippen molar-refractivity contribution in [2.45, 2.75) is 39.0 Å². The SMILES string of the molecule is Cc1ccc(C(=O)N(CC(=O)N(Cc2ccc3c(c2)OCO3)Cc2ccco2)CC2CCCO2)cc1[N+](=O)[O-]. The Bertz CT molecular complexity index is 1350. The zero-order chi connectivity index (χ0) is 27.4. The van der Waals surface area contributed by atoms with E-state index < -0.39 is 10.8 Å². The number of carbonyl (C=O) groups excluding carboxylic acids is 2. The van der Waals surface area contributed by atoms with Crippen LogP contribution in [0.3, 0.4) is 0 Å². The van der Waals surface area contributed by atoms with Crippen LogP contribution in [-0.4, -0.2) is 59.1 Å². The van der Waals surface area contributed by atoms with Crippen molar-refractivity contribution >= 4 is 17.5 Å². The van der Waals surface area contributed by atoms with Crippen LogP contribution in [0.15, 0.2) is 59.2 Å². The maximum absolute atomic E-state index is 13.7. The molecule has 3 aromatic rings. The van der Waals surface area contributed by atoms with Crippen LogP contribution in [0.1, 0.15) is 40.1 Å². The first-order chi connectivity index (χ1) is 18.9. The van der Waals surface area contributed by atoms with E-state index >= 15 is 0 Å². The van der Waals surface area contributed by atoms with Crippen molar-refractivity contribution < 1.29 is 33.1 Å². The van der Waals surface area contributed by atoms with Gasteiger partial charge in [0.1, 0.15) is 12.3 Å². The van der Waals surface area contributed by atoms with E-state index in [9.17, 15) is 19.7 Å². The number of hydrogen-bond acceptors (Lipinski definition) is 8. The highest BCUT2D eigenvalue weighted by molar-refractivity contribution is 5.97. The van der Waals surface area contributed by atoms with E-state index in [1.807, 2.05) is 12.1 Å². The number of nitro groups is 1. The summed E-state index contributed by atoms with van der Waals surface area (Å²) < 4.78 is 22.1. The fourth-order valence-corrected chi connectivity index (χ4v) is 4.72. The fourth-order valence-electron chi connectivity index (χ4n) is 4.72. The van der Waals surface area contributed by atoms with Gasteiger partial charge in [-0.25, -0.2) is 0 Å². The molecule has 39 heavy (non-hydrogen) atoms. The first-order valence-corrected chi connectivity index (χ1v) is 12.7. The van der Waals surface area contributed by atoms with E-state index in [4.69, 9.17) is 18.6 Å². The number of aryl methyl sites for hydroxylation is 1. The predicted octanol–water partition coefficient (Wildman–Crippen LogP) is 4.08. The highest BCUT2D eigenvalue weighted by atomic mass is 16.7. The Morgan fingerprint density at radius 3 is 2.64 bits per heavy atom. The number of hydrogen-bond donors (Lipinski definition) is 0. The smallest absolute Gasteiger partial charge is 0.273 e. The summed E-state index contributed by atoms with van der Waals surface area (Å²) in [4.78, 5) is 41.3. The molecule has 2 aliphatic rings. The van der Waals surface area contributed by atoms with Crippen LogP contribution in [0.2, 0.25) is 0 Å². The van der Waals surface area contributed by atoms with Gasteiger partial charge in [-0.1, -0.05) is 12.1 Å². The molecule has 0 bridgehead atoms. The number of ether oxygens (including phenoxy) is 3. The molecule has 11 heteroatoms. The number of fused-ring (bicyclic) bond motifs is 1. The van der Waals surface area contributed by atoms with Crippen LogP contribution >= 0.6 is 0 Å². The average molecular weight is 536 g/mol. The third kappa shape index (κ3) is 6.20. The number of amides is 2. The lowest BCUT2D eigenvalue weighted by molar-refractivity contribution is -0.385. The van der Waals surface area contributed by atoms with Gasteiger partial charge in [-0.2, -0.15) is 0 Å². The van der Waals surface area contributed by atoms with E-state index in [0.717, 1.165) is 18.4 Å². The number of carbonyl (C=O) groups is 2. The first kappa shape index (κ1) is 26.2. The molecule has 1 saturated heterocycles. The lowest BCUT2D eigenvalue weighted by atomic mass is 10.1. The van der Waals surface area contributed by atoms with Crippen LogP contribution in [0.25, 0.3) is 0 Å². The van der Waals surface area contributed by atoms with Crippen molar-refractivity contribution in [1.82, 2.24) is 9.80 Å². The molecule has 0 saturated carbocycles. The number of nitro benzene ring substituents is 1. The number of nitrogens with zero attached hydrogens (tertiary/aromatic N) is 3. The zero-order valence-electron chi connectivity index (χ0n) is 21.5. The first-order valence-electron chi connectivity index (χ1n) is 12.7. The molecule has 0 radical (unpaired) electrons. The van der Waals surface area contributed by atoms with Gasteiger partial charge >= 0.3 is 0 Å². The maximum Gasteiger partial charge on any atom is 0.273 e. The van der Waals surface area contributed by atoms with E-state index in [-0.39, 0.29) is 56.2 Å². The van der Waals surface area contributed by atoms with Crippen LogP contribution in [0, 0.1) is 17.0 Å². The molecule has 3 heterocycles. The zero-order valence-corrected chi connectivity index (χ0v) is 21.5. The molecule has 1 fully saturated rings. The van der Waals surface area contributed by atoms with Gasteiger partial charge in [-0.05, 0) is 55.7 Å². The average Bonchev–Trinajstić information content (AvgIpc) is 3.71. The summed E-state index contributed by atoms with van der Waals surface area (Å²) in [6, 6.07) is 13.4. The monoisotopic (exact) mass is 535 g/mol. The molecule has 1 aromatic heterocycles. The Hall–Kier alpha value is -4.38. The third-order valence-electron chi connectivity index (χ3n) is 6.80. The van der Waals surface area contributed by atoms with Gasteiger partial charge in [0.2, 0.25) is 12.7 Å². The molecule has 0 spiro atoms. The molecule has 5 rings (SSSR count). The van der Waals surface area contributed by atoms with Gasteiger partial charge in [-0.3, -0.25) is 19.7 Å². The minimum absolute atomic E-state index is 0.144. The topological polar surface area (TPSA) is 125 Å². The van der Waals surface area contributed by atoms with Crippen molar-refractivity contribution in [1.29, 1.82) is 0 Å². The summed E-state index contributed by atoms with van der Waals surface area (Å²) in [6.45, 7) is 2.75. The Labute approximate surface area is 225 Å². The summed E-state index contributed by atoms with van der Waals surface area (Å²) in [7, 11) is 0. The van der Waals surface area contributed by atoms with E-state index in [2.05, 4.69) is 0 Å². The molecule has 2 aliphatic heterocycles. The van der Waals surface area contributed by atoms with Crippen LogP contribution in [0.5, 0.6) is 11.5 Å². The molecule has 0 N–H and O–H groups in total. The highest BCUT2D eigenvalue weighted by Gasteiger charge is 2.29. The second kappa shape index (κ2) is 11.6. The van der Waals surface area contributed by atoms with E-state index in [1.165, 1.54) is 17.2 Å². The summed E-state index contributed by atoms with van der Waals surface area (Å²) in [5, 5.41) is 11.5. The van der Waals surface area contributed by atoms with Crippen molar-refractivity contribution in [2.24, 2.45) is 0 Å². The normalized spacial score (nSPS) is 15.8. The van der Waals surface area contributed by atoms with E-state index in [1.54, 1.807) is 42.2 Å². The second-order valence-corrected chi connectivity index (χ2v) is 9.60. The fraction of sp³-hybridized carbons (Fsp3) is 0.357. The van der Waals surface area contributed by atoms with E-state index in [0.29, 0.717) is 29.4 Å². The largest absolute Gasteiger partial charge is 0.467 e. The van der Waals surface area contributed by atoms with Crippen molar-refractivity contribution in [3.05, 3.63) is 87.4 Å². The highest BCUT2D eigenvalue weighted by Crippen LogP contribution is 2.33. The molecule has 1 atom stereocenters. The summed E-state index contributed by atoms with van der Waals surface area (Å²) in [5.74, 6) is 1.06. The lowest BCUT2D eigenvalue weighted by Gasteiger charge is -2.29. The Morgan fingerprint density at radius 1 is 1.05 bits per heavy atom. The Kier molecular flexibility index (Phi) is 7.78. The number of rotatable bonds is 10. The quantitative estimate of drug-likeness (QED) is 0.281. The molecule has 2 aromatic carbocycles. The molecular weight excluding hydrogens is 506 g/mol. The molecular formula is C28H29N3O8. The van der Waals surface area contributed by atoms with Gasteiger partial charge in [0.15, 0.2) is 11.5 Å². The standard InChI is InChI=1S/C28H29N3O8/c1-19-6-8-21(13-24(19)31(34)35)28(33)30(16-23-5-3-11-37-23)17-27(32)29(15-22-4-2-10-36-22)14-20-7-9-25-26(12-20)39-18-38-25/h2,4,6-10,12-13,23H,3,5,11,14-18H2,1H3. The van der Waals surface area contributed by atoms with Gasteiger partial charge in [0.25, 0.3) is 11.6 Å². The minimum Gasteiger partial charge on any atom is -0.467 e. The molecule has 1 unspecified atom stereocenters. The van der Waals surface area contributed by atoms with Gasteiger partial charge < -0.3 is 28.4 Å². The van der Waals surface area contributed by atoms with Crippen LogP contribution in [0.4, 0.5) is 5.69 Å². The van der Waals surface area contributed by atoms with Crippen molar-refractivity contribution in [3.63, 3.8) is 0 Å². The van der Waals surface area contributed by atoms with Gasteiger partial charge in [0, 0.05) is 36.9 Å². The predicted molar refractivity (Wildman–Crippen MR) is 138 cm³/mol. The van der Waals surface area contributed by atoms with Crippen LogP contribution < -0.4 is 9.47 Å². The molecule has 204 valence electrons. The molecule has 0 aliphatic carbocycles. The number of furan rings is 1. The van der Waals surface area contributed by atoms with Crippen molar-refractivity contribution in [3.8, 4) is 11.5 Å². The summed E-state index contributed by atoms with van der Waals surface area (Å²) >= 11 is 0. The summed E-state index contributed by atoms with van der Waals surface area (Å²) in [6.07, 6.45) is 2.95. The third-order valence-corrected chi connectivity index (χ3v) is 6.80. The van der Waals surface area contributed by atoms with Crippen LogP contribution in [-0.2, 0) is 22.6 Å². The summed E-state index contributed by atoms with van der Waals surface area (Å²) in [5.41, 5.74) is 1.27. The lowest BCUT2D eigenvalue weighted by Crippen LogP contribution is -2.45.